The Labute approximate surface area is 160 Å². The van der Waals surface area contributed by atoms with Gasteiger partial charge in [-0.1, -0.05) is 29.8 Å². The maximum Gasteiger partial charge on any atom is 0.414 e. The van der Waals surface area contributed by atoms with Crippen molar-refractivity contribution in [2.45, 2.75) is 25.8 Å². The van der Waals surface area contributed by atoms with E-state index in [1.807, 2.05) is 0 Å². The molecule has 8 heteroatoms. The van der Waals surface area contributed by atoms with Crippen molar-refractivity contribution in [1.82, 2.24) is 0 Å². The Morgan fingerprint density at radius 1 is 1.26 bits per heavy atom. The van der Waals surface area contributed by atoms with Gasteiger partial charge < -0.3 is 15.8 Å². The van der Waals surface area contributed by atoms with E-state index in [9.17, 15) is 13.2 Å². The van der Waals surface area contributed by atoms with E-state index in [1.54, 1.807) is 48.5 Å². The number of ether oxygens (including phenoxy) is 1. The maximum atomic E-state index is 12.6. The average molecular weight is 398 g/mol. The zero-order valence-corrected chi connectivity index (χ0v) is 15.2. The van der Waals surface area contributed by atoms with Gasteiger partial charge in [0.2, 0.25) is 0 Å². The second-order valence-electron chi connectivity index (χ2n) is 5.84. The summed E-state index contributed by atoms with van der Waals surface area (Å²) in [7, 11) is 0. The highest BCUT2D eigenvalue weighted by atomic mass is 35.5. The number of nitrogens with two attached hydrogens (primary N) is 1. The molecule has 0 saturated heterocycles. The Balaban J connectivity index is 2.21. The molecule has 4 N–H and O–H groups in total. The molecule has 2 aromatic carbocycles. The molecule has 0 aliphatic rings. The molecule has 0 amide bonds. The third-order valence-electron chi connectivity index (χ3n) is 3.62. The fourth-order valence-corrected chi connectivity index (χ4v) is 2.31. The number of alkyl halides is 3. The fraction of sp³-hybridized carbons (Fsp3) is 0.211. The first kappa shape index (κ1) is 20.8. The number of halogens is 4. The van der Waals surface area contributed by atoms with Gasteiger partial charge in [0.25, 0.3) is 0 Å². The van der Waals surface area contributed by atoms with E-state index >= 15 is 0 Å². The highest BCUT2D eigenvalue weighted by Gasteiger charge is 2.36. The number of hydrogen-bond acceptors (Lipinski definition) is 3. The molecule has 0 heterocycles. The topological polar surface area (TPSA) is 71.1 Å². The van der Waals surface area contributed by atoms with Gasteiger partial charge in [-0.25, -0.2) is 0 Å². The first-order chi connectivity index (χ1) is 12.6. The first-order valence-electron chi connectivity index (χ1n) is 8.01. The molecular formula is C19H19ClF3N3O. The van der Waals surface area contributed by atoms with Gasteiger partial charge in [-0.3, -0.25) is 5.41 Å². The van der Waals surface area contributed by atoms with Gasteiger partial charge in [0.1, 0.15) is 5.84 Å². The van der Waals surface area contributed by atoms with E-state index in [1.165, 1.54) is 6.08 Å². The van der Waals surface area contributed by atoms with Crippen LogP contribution in [0.5, 0.6) is 0 Å². The summed E-state index contributed by atoms with van der Waals surface area (Å²) < 4.78 is 42.6. The molecule has 1 atom stereocenters. The molecule has 0 aliphatic heterocycles. The zero-order valence-electron chi connectivity index (χ0n) is 14.5. The van der Waals surface area contributed by atoms with E-state index < -0.39 is 12.3 Å². The van der Waals surface area contributed by atoms with Crippen LogP contribution in [0.25, 0.3) is 5.70 Å². The van der Waals surface area contributed by atoms with Crippen LogP contribution in [-0.2, 0) is 11.3 Å². The maximum absolute atomic E-state index is 12.6. The molecule has 0 aromatic heterocycles. The molecule has 0 spiro atoms. The summed E-state index contributed by atoms with van der Waals surface area (Å²) in [5, 5.41) is 11.2. The Bertz CT molecular complexity index is 820. The lowest BCUT2D eigenvalue weighted by Gasteiger charge is -2.17. The van der Waals surface area contributed by atoms with Crippen LogP contribution in [-0.4, -0.2) is 18.1 Å². The lowest BCUT2D eigenvalue weighted by Crippen LogP contribution is -2.28. The van der Waals surface area contributed by atoms with E-state index in [0.717, 1.165) is 12.6 Å². The van der Waals surface area contributed by atoms with Crippen LogP contribution in [0.4, 0.5) is 18.9 Å². The van der Waals surface area contributed by atoms with Gasteiger partial charge >= 0.3 is 6.18 Å². The number of nitrogens with one attached hydrogen (secondary N) is 2. The fourth-order valence-electron chi connectivity index (χ4n) is 2.18. The van der Waals surface area contributed by atoms with Gasteiger partial charge in [-0.15, -0.1) is 0 Å². The van der Waals surface area contributed by atoms with Gasteiger partial charge in [0, 0.05) is 22.5 Å². The standard InChI is InChI=1S/C19H19ClF3N3O/c1-12(19(21,22)23)27-11-13-3-2-4-14(9-13)17(10-18(24)25)26-16-7-5-15(20)6-8-16/h2-10,12,26H,11H2,1H3,(H3,24,25)/b17-10-/t12-/m1/s1. The van der Waals surface area contributed by atoms with Gasteiger partial charge in [-0.05, 0) is 48.4 Å². The van der Waals surface area contributed by atoms with Crippen molar-refractivity contribution in [2.24, 2.45) is 5.73 Å². The van der Waals surface area contributed by atoms with Crippen LogP contribution in [0.15, 0.2) is 54.6 Å². The molecule has 0 saturated carbocycles. The lowest BCUT2D eigenvalue weighted by molar-refractivity contribution is -0.217. The highest BCUT2D eigenvalue weighted by molar-refractivity contribution is 6.30. The second-order valence-corrected chi connectivity index (χ2v) is 6.28. The summed E-state index contributed by atoms with van der Waals surface area (Å²) in [6.07, 6.45) is -4.85. The summed E-state index contributed by atoms with van der Waals surface area (Å²) >= 11 is 5.87. The molecule has 2 rings (SSSR count). The molecule has 2 aromatic rings. The van der Waals surface area contributed by atoms with Crippen LogP contribution in [0.3, 0.4) is 0 Å². The quantitative estimate of drug-likeness (QED) is 0.444. The third kappa shape index (κ3) is 6.62. The van der Waals surface area contributed by atoms with Crippen molar-refractivity contribution in [3.05, 3.63) is 70.8 Å². The molecule has 0 bridgehead atoms. The molecule has 0 aliphatic carbocycles. The monoisotopic (exact) mass is 397 g/mol. The Kier molecular flexibility index (Phi) is 6.87. The van der Waals surface area contributed by atoms with Crippen molar-refractivity contribution < 1.29 is 17.9 Å². The minimum atomic E-state index is -4.41. The van der Waals surface area contributed by atoms with Crippen LogP contribution in [0, 0.1) is 5.41 Å². The Hall–Kier alpha value is -2.51. The summed E-state index contributed by atoms with van der Waals surface area (Å²) in [6.45, 7) is 0.774. The summed E-state index contributed by atoms with van der Waals surface area (Å²) in [6, 6.07) is 13.7. The Morgan fingerprint density at radius 3 is 2.52 bits per heavy atom. The SMILES string of the molecule is C[C@@H](OCc1cccc(/C(=C/C(=N)N)Nc2ccc(Cl)cc2)c1)C(F)(F)F. The van der Waals surface area contributed by atoms with Crippen LogP contribution >= 0.6 is 11.6 Å². The normalized spacial score (nSPS) is 13.3. The predicted molar refractivity (Wildman–Crippen MR) is 102 cm³/mol. The Morgan fingerprint density at radius 2 is 1.93 bits per heavy atom. The zero-order chi connectivity index (χ0) is 20.0. The second kappa shape index (κ2) is 8.92. The molecule has 0 fully saturated rings. The number of amidine groups is 1. The molecular weight excluding hydrogens is 379 g/mol. The molecule has 144 valence electrons. The predicted octanol–water partition coefficient (Wildman–Crippen LogP) is 5.20. The van der Waals surface area contributed by atoms with Crippen LogP contribution in [0.2, 0.25) is 5.02 Å². The number of rotatable bonds is 7. The number of benzene rings is 2. The van der Waals surface area contributed by atoms with Crippen molar-refractivity contribution in [2.75, 3.05) is 5.32 Å². The minimum absolute atomic E-state index is 0.168. The van der Waals surface area contributed by atoms with Crippen LogP contribution < -0.4 is 11.1 Å². The minimum Gasteiger partial charge on any atom is -0.384 e. The number of hydrogen-bond donors (Lipinski definition) is 3. The molecule has 0 unspecified atom stereocenters. The molecule has 0 radical (unpaired) electrons. The largest absolute Gasteiger partial charge is 0.414 e. The summed E-state index contributed by atoms with van der Waals surface area (Å²) in [5.41, 5.74) is 7.95. The average Bonchev–Trinajstić information content (AvgIpc) is 2.60. The van der Waals surface area contributed by atoms with Gasteiger partial charge in [-0.2, -0.15) is 13.2 Å². The van der Waals surface area contributed by atoms with Crippen molar-refractivity contribution in [3.8, 4) is 0 Å². The summed E-state index contributed by atoms with van der Waals surface area (Å²) in [4.78, 5) is 0. The first-order valence-corrected chi connectivity index (χ1v) is 8.39. The van der Waals surface area contributed by atoms with E-state index in [2.05, 4.69) is 5.32 Å². The molecule has 4 nitrogen and oxygen atoms in total. The summed E-state index contributed by atoms with van der Waals surface area (Å²) in [5.74, 6) is -0.168. The lowest BCUT2D eigenvalue weighted by atomic mass is 10.1. The van der Waals surface area contributed by atoms with Gasteiger partial charge in [0.05, 0.1) is 6.61 Å². The third-order valence-corrected chi connectivity index (χ3v) is 3.87. The van der Waals surface area contributed by atoms with E-state index in [4.69, 9.17) is 27.5 Å². The molecule has 27 heavy (non-hydrogen) atoms. The van der Waals surface area contributed by atoms with Crippen LogP contribution in [0.1, 0.15) is 18.1 Å². The van der Waals surface area contributed by atoms with E-state index in [0.29, 0.717) is 21.8 Å². The van der Waals surface area contributed by atoms with Gasteiger partial charge in [0.15, 0.2) is 6.10 Å². The highest BCUT2D eigenvalue weighted by Crippen LogP contribution is 2.25. The van der Waals surface area contributed by atoms with E-state index in [-0.39, 0.29) is 12.4 Å². The van der Waals surface area contributed by atoms with Crippen molar-refractivity contribution >= 4 is 28.8 Å². The van der Waals surface area contributed by atoms with Crippen molar-refractivity contribution in [3.63, 3.8) is 0 Å². The number of anilines is 1. The van der Waals surface area contributed by atoms with Crippen molar-refractivity contribution in [1.29, 1.82) is 5.41 Å². The smallest absolute Gasteiger partial charge is 0.384 e.